The van der Waals surface area contributed by atoms with Gasteiger partial charge in [0, 0.05) is 50.6 Å². The van der Waals surface area contributed by atoms with Crippen LogP contribution in [0.1, 0.15) is 10.4 Å². The van der Waals surface area contributed by atoms with Gasteiger partial charge in [-0.25, -0.2) is 4.79 Å². The van der Waals surface area contributed by atoms with Gasteiger partial charge in [0.1, 0.15) is 0 Å². The Balaban J connectivity index is 1.86. The fraction of sp³-hybridized carbons (Fsp3) is 0.263. The number of likely N-dealkylation sites (N-methyl/N-ethyl adjacent to an activating group) is 1. The molecule has 0 amide bonds. The molecular weight excluding hydrogens is 364 g/mol. The number of aromatic nitrogens is 1. The largest absolute Gasteiger partial charge is 0.404 e. The summed E-state index contributed by atoms with van der Waals surface area (Å²) in [4.78, 5) is 38.9. The highest BCUT2D eigenvalue weighted by Gasteiger charge is 2.21. The molecule has 1 aromatic carbocycles. The SMILES string of the molecule is CN1CCN(C(=Cn2ccccc2=O)OC(=O)c2ccc([N+](=O)[O-])cc2)CC1. The Morgan fingerprint density at radius 3 is 2.39 bits per heavy atom. The highest BCUT2D eigenvalue weighted by Crippen LogP contribution is 2.17. The Morgan fingerprint density at radius 1 is 1.11 bits per heavy atom. The number of hydrogen-bond acceptors (Lipinski definition) is 7. The van der Waals surface area contributed by atoms with Gasteiger partial charge in [0.25, 0.3) is 11.2 Å². The van der Waals surface area contributed by atoms with Crippen LogP contribution in [0.5, 0.6) is 0 Å². The van der Waals surface area contributed by atoms with Crippen molar-refractivity contribution in [2.75, 3.05) is 33.2 Å². The number of nitro groups is 1. The fourth-order valence-corrected chi connectivity index (χ4v) is 2.74. The number of non-ortho nitro benzene ring substituents is 1. The van der Waals surface area contributed by atoms with Crippen LogP contribution in [-0.2, 0) is 4.74 Å². The van der Waals surface area contributed by atoms with Gasteiger partial charge in [0.2, 0.25) is 5.88 Å². The lowest BCUT2D eigenvalue weighted by atomic mass is 10.2. The molecule has 1 fully saturated rings. The number of piperazine rings is 1. The number of carbonyl (C=O) groups is 1. The smallest absolute Gasteiger partial charge is 0.344 e. The molecule has 1 aliphatic heterocycles. The number of nitro benzene ring substituents is 1. The summed E-state index contributed by atoms with van der Waals surface area (Å²) in [5.74, 6) is -0.395. The molecule has 2 aromatic rings. The first-order valence-corrected chi connectivity index (χ1v) is 8.73. The third kappa shape index (κ3) is 4.63. The van der Waals surface area contributed by atoms with Gasteiger partial charge in [0.15, 0.2) is 0 Å². The molecule has 0 unspecified atom stereocenters. The quantitative estimate of drug-likeness (QED) is 0.334. The highest BCUT2D eigenvalue weighted by atomic mass is 16.6. The summed E-state index contributed by atoms with van der Waals surface area (Å²) in [7, 11) is 2.01. The monoisotopic (exact) mass is 384 g/mol. The van der Waals surface area contributed by atoms with Crippen LogP contribution in [0.15, 0.2) is 59.3 Å². The molecule has 9 heteroatoms. The van der Waals surface area contributed by atoms with Gasteiger partial charge in [-0.3, -0.25) is 19.5 Å². The topological polar surface area (TPSA) is 97.9 Å². The summed E-state index contributed by atoms with van der Waals surface area (Å²) in [6.45, 7) is 2.85. The van der Waals surface area contributed by atoms with Crippen molar-refractivity contribution in [2.45, 2.75) is 0 Å². The summed E-state index contributed by atoms with van der Waals surface area (Å²) >= 11 is 0. The standard InChI is InChI=1S/C19H20N4O5/c1-20-10-12-21(13-11-20)18(14-22-9-3-2-4-17(22)24)28-19(25)15-5-7-16(8-6-15)23(26)27/h2-9,14H,10-13H2,1H3. The van der Waals surface area contributed by atoms with E-state index in [1.165, 1.54) is 41.1 Å². The Labute approximate surface area is 161 Å². The molecule has 0 N–H and O–H groups in total. The van der Waals surface area contributed by atoms with Crippen LogP contribution in [0.4, 0.5) is 5.69 Å². The zero-order valence-corrected chi connectivity index (χ0v) is 15.4. The number of carbonyl (C=O) groups excluding carboxylic acids is 1. The molecule has 1 aromatic heterocycles. The van der Waals surface area contributed by atoms with Crippen LogP contribution >= 0.6 is 0 Å². The number of esters is 1. The zero-order valence-electron chi connectivity index (χ0n) is 15.4. The highest BCUT2D eigenvalue weighted by molar-refractivity contribution is 5.90. The summed E-state index contributed by atoms with van der Waals surface area (Å²) in [5.41, 5.74) is -0.172. The van der Waals surface area contributed by atoms with E-state index in [4.69, 9.17) is 4.74 Å². The first kappa shape index (κ1) is 19.3. The minimum absolute atomic E-state index is 0.109. The molecule has 9 nitrogen and oxygen atoms in total. The number of pyridine rings is 1. The molecule has 3 rings (SSSR count). The molecular formula is C19H20N4O5. The zero-order chi connectivity index (χ0) is 20.1. The van der Waals surface area contributed by atoms with Gasteiger partial charge >= 0.3 is 5.97 Å². The second-order valence-electron chi connectivity index (χ2n) is 6.40. The number of nitrogens with zero attached hydrogens (tertiary/aromatic N) is 4. The van der Waals surface area contributed by atoms with Crippen molar-refractivity contribution in [1.29, 1.82) is 0 Å². The van der Waals surface area contributed by atoms with Crippen LogP contribution in [0.25, 0.3) is 6.20 Å². The maximum Gasteiger partial charge on any atom is 0.344 e. The Hall–Kier alpha value is -3.46. The summed E-state index contributed by atoms with van der Waals surface area (Å²) in [6, 6.07) is 9.93. The predicted molar refractivity (Wildman–Crippen MR) is 103 cm³/mol. The first-order chi connectivity index (χ1) is 13.4. The Morgan fingerprint density at radius 2 is 1.79 bits per heavy atom. The van der Waals surface area contributed by atoms with Crippen molar-refractivity contribution >= 4 is 17.9 Å². The van der Waals surface area contributed by atoms with Crippen molar-refractivity contribution in [3.05, 3.63) is 80.6 Å². The minimum Gasteiger partial charge on any atom is -0.404 e. The molecule has 1 aliphatic rings. The normalized spacial score (nSPS) is 15.3. The molecule has 1 saturated heterocycles. The van der Waals surface area contributed by atoms with Gasteiger partial charge in [-0.05, 0) is 25.2 Å². The average molecular weight is 384 g/mol. The molecule has 28 heavy (non-hydrogen) atoms. The van der Waals surface area contributed by atoms with Crippen molar-refractivity contribution in [1.82, 2.24) is 14.4 Å². The Kier molecular flexibility index (Phi) is 5.85. The molecule has 0 aliphatic carbocycles. The van der Waals surface area contributed by atoms with E-state index in [2.05, 4.69) is 4.90 Å². The van der Waals surface area contributed by atoms with Gasteiger partial charge in [-0.15, -0.1) is 0 Å². The van der Waals surface area contributed by atoms with Crippen LogP contribution < -0.4 is 5.56 Å². The van der Waals surface area contributed by atoms with E-state index in [0.717, 1.165) is 13.1 Å². The number of benzene rings is 1. The van der Waals surface area contributed by atoms with Gasteiger partial charge in [0.05, 0.1) is 16.7 Å². The predicted octanol–water partition coefficient (Wildman–Crippen LogP) is 1.62. The maximum atomic E-state index is 12.6. The first-order valence-electron chi connectivity index (χ1n) is 8.73. The molecule has 0 radical (unpaired) electrons. The van der Waals surface area contributed by atoms with Crippen molar-refractivity contribution in [2.24, 2.45) is 0 Å². The second kappa shape index (κ2) is 8.49. The lowest BCUT2D eigenvalue weighted by Crippen LogP contribution is -2.44. The van der Waals surface area contributed by atoms with E-state index in [0.29, 0.717) is 13.1 Å². The number of ether oxygens (including phenoxy) is 1. The van der Waals surface area contributed by atoms with E-state index in [9.17, 15) is 19.7 Å². The summed E-state index contributed by atoms with van der Waals surface area (Å²) in [5, 5.41) is 10.8. The molecule has 0 bridgehead atoms. The minimum atomic E-state index is -0.649. The van der Waals surface area contributed by atoms with Crippen molar-refractivity contribution in [3.8, 4) is 0 Å². The number of hydrogen-bond donors (Lipinski definition) is 0. The Bertz CT molecular complexity index is 943. The number of rotatable bonds is 5. The van der Waals surface area contributed by atoms with Crippen LogP contribution in [-0.4, -0.2) is 58.5 Å². The van der Waals surface area contributed by atoms with E-state index in [1.54, 1.807) is 18.3 Å². The van der Waals surface area contributed by atoms with Gasteiger partial charge in [-0.2, -0.15) is 0 Å². The molecule has 0 saturated carbocycles. The third-order valence-electron chi connectivity index (χ3n) is 4.43. The third-order valence-corrected chi connectivity index (χ3v) is 4.43. The lowest BCUT2D eigenvalue weighted by Gasteiger charge is -2.34. The van der Waals surface area contributed by atoms with Gasteiger partial charge in [-0.1, -0.05) is 6.07 Å². The maximum absolute atomic E-state index is 12.6. The van der Waals surface area contributed by atoms with Crippen molar-refractivity contribution < 1.29 is 14.5 Å². The molecule has 0 atom stereocenters. The van der Waals surface area contributed by atoms with Crippen LogP contribution in [0.3, 0.4) is 0 Å². The van der Waals surface area contributed by atoms with E-state index < -0.39 is 10.9 Å². The molecule has 0 spiro atoms. The van der Waals surface area contributed by atoms with Crippen molar-refractivity contribution in [3.63, 3.8) is 0 Å². The van der Waals surface area contributed by atoms with Crippen LogP contribution in [0, 0.1) is 10.1 Å². The van der Waals surface area contributed by atoms with E-state index in [-0.39, 0.29) is 22.7 Å². The fourth-order valence-electron chi connectivity index (χ4n) is 2.74. The average Bonchev–Trinajstić information content (AvgIpc) is 2.69. The van der Waals surface area contributed by atoms with E-state index in [1.807, 2.05) is 11.9 Å². The van der Waals surface area contributed by atoms with E-state index >= 15 is 0 Å². The molecule has 2 heterocycles. The van der Waals surface area contributed by atoms with Gasteiger partial charge < -0.3 is 14.5 Å². The second-order valence-corrected chi connectivity index (χ2v) is 6.40. The summed E-state index contributed by atoms with van der Waals surface area (Å²) < 4.78 is 6.91. The van der Waals surface area contributed by atoms with Crippen LogP contribution in [0.2, 0.25) is 0 Å². The lowest BCUT2D eigenvalue weighted by molar-refractivity contribution is -0.384. The summed E-state index contributed by atoms with van der Waals surface area (Å²) in [6.07, 6.45) is 3.06. The molecule has 146 valence electrons.